The molecule has 1 aromatic carbocycles. The Morgan fingerprint density at radius 1 is 1.03 bits per heavy atom. The quantitative estimate of drug-likeness (QED) is 0.193. The number of aliphatic carboxylic acids is 1. The summed E-state index contributed by atoms with van der Waals surface area (Å²) in [4.78, 5) is 52.6. The average molecular weight is 508 g/mol. The number of benzene rings is 1. The Hall–Kier alpha value is -3.09. The number of nitrogens with two attached hydrogens (primary N) is 1. The minimum atomic E-state index is -1.21. The van der Waals surface area contributed by atoms with Crippen molar-refractivity contribution in [2.24, 2.45) is 5.73 Å². The Kier molecular flexibility index (Phi) is 10.6. The molecule has 0 bridgehead atoms. The Labute approximate surface area is 207 Å². The molecule has 0 spiro atoms. The molecular formula is C23H33N5O6S. The van der Waals surface area contributed by atoms with Gasteiger partial charge in [0.15, 0.2) is 0 Å². The summed E-state index contributed by atoms with van der Waals surface area (Å²) in [6.45, 7) is 2.77. The molecule has 3 amide bonds. The third-order valence-electron chi connectivity index (χ3n) is 5.53. The molecule has 11 nitrogen and oxygen atoms in total. The molecule has 0 aliphatic heterocycles. The van der Waals surface area contributed by atoms with Crippen LogP contribution in [0.2, 0.25) is 0 Å². The van der Waals surface area contributed by atoms with Gasteiger partial charge in [-0.2, -0.15) is 11.8 Å². The number of aromatic nitrogens is 1. The Morgan fingerprint density at radius 2 is 1.69 bits per heavy atom. The van der Waals surface area contributed by atoms with E-state index in [1.165, 1.54) is 25.6 Å². The van der Waals surface area contributed by atoms with Gasteiger partial charge in [0.1, 0.15) is 24.2 Å². The maximum atomic E-state index is 13.0. The van der Waals surface area contributed by atoms with Gasteiger partial charge in [-0.15, -0.1) is 0 Å². The number of aliphatic hydroxyl groups is 1. The highest BCUT2D eigenvalue weighted by Crippen LogP contribution is 2.19. The summed E-state index contributed by atoms with van der Waals surface area (Å²) < 4.78 is 0. The summed E-state index contributed by atoms with van der Waals surface area (Å²) in [6.07, 6.45) is 2.76. The molecule has 2 aromatic rings. The highest BCUT2D eigenvalue weighted by Gasteiger charge is 2.29. The van der Waals surface area contributed by atoms with Crippen molar-refractivity contribution in [3.05, 3.63) is 36.0 Å². The normalized spacial score (nSPS) is 15.5. The lowest BCUT2D eigenvalue weighted by atomic mass is 10.0. The number of carbonyl (C=O) groups excluding carboxylic acids is 3. The second-order valence-electron chi connectivity index (χ2n) is 8.30. The van der Waals surface area contributed by atoms with E-state index in [1.807, 2.05) is 30.5 Å². The molecule has 1 heterocycles. The number of para-hydroxylation sites is 1. The van der Waals surface area contributed by atoms with E-state index in [1.54, 1.807) is 6.20 Å². The maximum Gasteiger partial charge on any atom is 0.326 e. The molecule has 5 unspecified atom stereocenters. The number of thioether (sulfide) groups is 1. The number of carboxylic acid groups (broad SMARTS) is 1. The zero-order valence-corrected chi connectivity index (χ0v) is 20.7. The van der Waals surface area contributed by atoms with Crippen LogP contribution in [0, 0.1) is 0 Å². The monoisotopic (exact) mass is 507 g/mol. The summed E-state index contributed by atoms with van der Waals surface area (Å²) in [6, 6.07) is 2.98. The lowest BCUT2D eigenvalue weighted by Crippen LogP contribution is -2.57. The maximum absolute atomic E-state index is 13.0. The number of aromatic amines is 1. The minimum Gasteiger partial charge on any atom is -0.480 e. The summed E-state index contributed by atoms with van der Waals surface area (Å²) in [5.74, 6) is -2.66. The van der Waals surface area contributed by atoms with Gasteiger partial charge in [0.25, 0.3) is 0 Å². The number of rotatable bonds is 13. The Morgan fingerprint density at radius 3 is 2.31 bits per heavy atom. The molecule has 0 radical (unpaired) electrons. The second-order valence-corrected chi connectivity index (χ2v) is 9.29. The van der Waals surface area contributed by atoms with Gasteiger partial charge < -0.3 is 36.9 Å². The van der Waals surface area contributed by atoms with Gasteiger partial charge in [0.2, 0.25) is 17.7 Å². The van der Waals surface area contributed by atoms with Crippen LogP contribution in [-0.4, -0.2) is 81.2 Å². The summed E-state index contributed by atoms with van der Waals surface area (Å²) in [5, 5.41) is 27.5. The van der Waals surface area contributed by atoms with E-state index in [0.717, 1.165) is 16.5 Å². The van der Waals surface area contributed by atoms with Crippen molar-refractivity contribution in [2.45, 2.75) is 57.0 Å². The van der Waals surface area contributed by atoms with E-state index >= 15 is 0 Å². The van der Waals surface area contributed by atoms with E-state index in [9.17, 15) is 29.4 Å². The largest absolute Gasteiger partial charge is 0.480 e. The van der Waals surface area contributed by atoms with Crippen molar-refractivity contribution in [1.29, 1.82) is 0 Å². The first-order valence-electron chi connectivity index (χ1n) is 11.2. The van der Waals surface area contributed by atoms with Crippen LogP contribution in [0.15, 0.2) is 30.5 Å². The van der Waals surface area contributed by atoms with Gasteiger partial charge in [-0.1, -0.05) is 18.2 Å². The van der Waals surface area contributed by atoms with Crippen LogP contribution in [0.1, 0.15) is 25.8 Å². The van der Waals surface area contributed by atoms with Crippen molar-refractivity contribution in [3.8, 4) is 0 Å². The molecule has 0 aliphatic carbocycles. The number of hydrogen-bond donors (Lipinski definition) is 7. The van der Waals surface area contributed by atoms with Crippen LogP contribution in [0.25, 0.3) is 10.9 Å². The molecule has 35 heavy (non-hydrogen) atoms. The zero-order chi connectivity index (χ0) is 26.1. The number of H-pyrrole nitrogens is 1. The molecule has 1 aromatic heterocycles. The van der Waals surface area contributed by atoms with E-state index in [0.29, 0.717) is 5.75 Å². The number of carboxylic acids is 1. The van der Waals surface area contributed by atoms with Gasteiger partial charge in [0, 0.05) is 23.5 Å². The molecule has 12 heteroatoms. The zero-order valence-electron chi connectivity index (χ0n) is 19.9. The fraction of sp³-hybridized carbons (Fsp3) is 0.478. The fourth-order valence-electron chi connectivity index (χ4n) is 3.39. The molecule has 0 aliphatic rings. The first kappa shape index (κ1) is 28.1. The third kappa shape index (κ3) is 7.98. The second kappa shape index (κ2) is 13.1. The van der Waals surface area contributed by atoms with Crippen molar-refractivity contribution >= 4 is 46.4 Å². The average Bonchev–Trinajstić information content (AvgIpc) is 3.23. The fourth-order valence-corrected chi connectivity index (χ4v) is 3.86. The van der Waals surface area contributed by atoms with Crippen molar-refractivity contribution in [3.63, 3.8) is 0 Å². The van der Waals surface area contributed by atoms with Crippen molar-refractivity contribution in [2.75, 3.05) is 12.0 Å². The number of aliphatic hydroxyl groups excluding tert-OH is 1. The number of fused-ring (bicyclic) bond motifs is 1. The molecule has 192 valence electrons. The molecule has 0 saturated heterocycles. The molecule has 0 fully saturated rings. The van der Waals surface area contributed by atoms with Crippen LogP contribution in [0.3, 0.4) is 0 Å². The van der Waals surface area contributed by atoms with Crippen molar-refractivity contribution < 1.29 is 29.4 Å². The van der Waals surface area contributed by atoms with Crippen LogP contribution in [-0.2, 0) is 25.6 Å². The van der Waals surface area contributed by atoms with Gasteiger partial charge in [-0.3, -0.25) is 14.4 Å². The Balaban J connectivity index is 2.08. The van der Waals surface area contributed by atoms with E-state index in [2.05, 4.69) is 20.9 Å². The van der Waals surface area contributed by atoms with E-state index in [-0.39, 0.29) is 12.8 Å². The molecule has 2 rings (SSSR count). The van der Waals surface area contributed by atoms with Crippen LogP contribution in [0.4, 0.5) is 0 Å². The highest BCUT2D eigenvalue weighted by molar-refractivity contribution is 7.98. The van der Waals surface area contributed by atoms with Crippen LogP contribution >= 0.6 is 11.8 Å². The number of nitrogens with one attached hydrogen (secondary N) is 4. The Bertz CT molecular complexity index is 1040. The minimum absolute atomic E-state index is 0.0535. The molecule has 5 atom stereocenters. The number of amides is 3. The predicted octanol–water partition coefficient (Wildman–Crippen LogP) is -0.269. The molecule has 8 N–H and O–H groups in total. The van der Waals surface area contributed by atoms with Crippen LogP contribution in [0.5, 0.6) is 0 Å². The smallest absolute Gasteiger partial charge is 0.326 e. The summed E-state index contributed by atoms with van der Waals surface area (Å²) in [5.41, 5.74) is 7.17. The van der Waals surface area contributed by atoms with Crippen LogP contribution < -0.4 is 21.7 Å². The predicted molar refractivity (Wildman–Crippen MR) is 134 cm³/mol. The number of hydrogen-bond acceptors (Lipinski definition) is 7. The SMILES string of the molecule is CSCCC(NC(=O)C(C)NC(=O)C(N)C(C)O)C(=O)NC(Cc1c[nH]c2ccccc12)C(=O)O. The van der Waals surface area contributed by atoms with Gasteiger partial charge >= 0.3 is 5.97 Å². The van der Waals surface area contributed by atoms with E-state index < -0.39 is 54.0 Å². The van der Waals surface area contributed by atoms with Gasteiger partial charge in [0.05, 0.1) is 6.10 Å². The first-order chi connectivity index (χ1) is 16.5. The highest BCUT2D eigenvalue weighted by atomic mass is 32.2. The topological polar surface area (TPSA) is 187 Å². The summed E-state index contributed by atoms with van der Waals surface area (Å²) >= 11 is 1.47. The first-order valence-corrected chi connectivity index (χ1v) is 12.6. The lowest BCUT2D eigenvalue weighted by Gasteiger charge is -2.24. The van der Waals surface area contributed by atoms with E-state index in [4.69, 9.17) is 5.73 Å². The number of carbonyl (C=O) groups is 4. The summed E-state index contributed by atoms with van der Waals surface area (Å²) in [7, 11) is 0. The third-order valence-corrected chi connectivity index (χ3v) is 6.18. The molecular weight excluding hydrogens is 474 g/mol. The standard InChI is InChI=1S/C23H33N5O6S/c1-12(26-22(32)19(24)13(2)29)20(30)27-17(8-9-35-3)21(31)28-18(23(33)34)10-14-11-25-16-7-5-4-6-15(14)16/h4-7,11-13,17-19,25,29H,8-10,24H2,1-3H3,(H,26,32)(H,27,30)(H,28,31)(H,33,34). The van der Waals surface area contributed by atoms with Crippen molar-refractivity contribution in [1.82, 2.24) is 20.9 Å². The van der Waals surface area contributed by atoms with Gasteiger partial charge in [-0.05, 0) is 43.9 Å². The lowest BCUT2D eigenvalue weighted by molar-refractivity contribution is -0.142. The van der Waals surface area contributed by atoms with Gasteiger partial charge in [-0.25, -0.2) is 4.79 Å². The molecule has 0 saturated carbocycles.